The highest BCUT2D eigenvalue weighted by Gasteiger charge is 2.31. The third kappa shape index (κ3) is 3.89. The number of methoxy groups -OCH3 is 1. The van der Waals surface area contributed by atoms with E-state index in [0.717, 1.165) is 4.31 Å². The predicted molar refractivity (Wildman–Crippen MR) is 89.7 cm³/mol. The molecule has 11 heteroatoms. The molecule has 0 N–H and O–H groups in total. The van der Waals surface area contributed by atoms with Crippen molar-refractivity contribution in [1.82, 2.24) is 13.5 Å². The summed E-state index contributed by atoms with van der Waals surface area (Å²) in [6.07, 6.45) is 0. The molecule has 1 aliphatic heterocycles. The molecule has 0 atom stereocenters. The SMILES string of the molecule is COc1ccc([N+](=O)[O-])cc1C(=O)N1CCN(S(=O)(=O)N(C)C)CC1. The fourth-order valence-electron chi connectivity index (χ4n) is 2.50. The number of amides is 1. The van der Waals surface area contributed by atoms with Gasteiger partial charge in [0, 0.05) is 52.4 Å². The smallest absolute Gasteiger partial charge is 0.281 e. The van der Waals surface area contributed by atoms with Crippen molar-refractivity contribution in [1.29, 1.82) is 0 Å². The summed E-state index contributed by atoms with van der Waals surface area (Å²) in [4.78, 5) is 24.5. The van der Waals surface area contributed by atoms with Crippen LogP contribution >= 0.6 is 0 Å². The van der Waals surface area contributed by atoms with E-state index in [4.69, 9.17) is 4.74 Å². The second kappa shape index (κ2) is 7.33. The molecule has 1 aliphatic rings. The van der Waals surface area contributed by atoms with Crippen molar-refractivity contribution in [2.75, 3.05) is 47.4 Å². The third-order valence-electron chi connectivity index (χ3n) is 3.94. The Morgan fingerprint density at radius 1 is 1.24 bits per heavy atom. The summed E-state index contributed by atoms with van der Waals surface area (Å²) in [5.74, 6) is -0.193. The molecule has 0 bridgehead atoms. The molecule has 2 rings (SSSR count). The van der Waals surface area contributed by atoms with Crippen LogP contribution in [-0.2, 0) is 10.2 Å². The van der Waals surface area contributed by atoms with E-state index in [1.807, 2.05) is 0 Å². The van der Waals surface area contributed by atoms with Crippen LogP contribution in [0.1, 0.15) is 10.4 Å². The molecule has 0 radical (unpaired) electrons. The van der Waals surface area contributed by atoms with E-state index in [1.165, 1.54) is 48.6 Å². The van der Waals surface area contributed by atoms with E-state index in [2.05, 4.69) is 0 Å². The zero-order valence-electron chi connectivity index (χ0n) is 14.2. The first-order valence-corrected chi connectivity index (χ1v) is 8.87. The largest absolute Gasteiger partial charge is 0.496 e. The summed E-state index contributed by atoms with van der Waals surface area (Å²) < 4.78 is 31.7. The lowest BCUT2D eigenvalue weighted by atomic mass is 10.1. The Labute approximate surface area is 145 Å². The maximum absolute atomic E-state index is 12.7. The van der Waals surface area contributed by atoms with Gasteiger partial charge in [0.15, 0.2) is 0 Å². The van der Waals surface area contributed by atoms with Gasteiger partial charge in [-0.15, -0.1) is 0 Å². The molecule has 1 heterocycles. The fourth-order valence-corrected chi connectivity index (χ4v) is 3.59. The highest BCUT2D eigenvalue weighted by molar-refractivity contribution is 7.86. The third-order valence-corrected chi connectivity index (χ3v) is 5.88. The zero-order chi connectivity index (χ0) is 18.8. The molecule has 1 aromatic carbocycles. The number of ether oxygens (including phenoxy) is 1. The van der Waals surface area contributed by atoms with Crippen LogP contribution in [0.15, 0.2) is 18.2 Å². The number of hydrogen-bond donors (Lipinski definition) is 0. The summed E-state index contributed by atoms with van der Waals surface area (Å²) in [6, 6.07) is 3.80. The summed E-state index contributed by atoms with van der Waals surface area (Å²) in [5.41, 5.74) is -0.126. The molecule has 1 saturated heterocycles. The van der Waals surface area contributed by atoms with Crippen LogP contribution in [0.4, 0.5) is 5.69 Å². The average Bonchev–Trinajstić information content (AvgIpc) is 2.60. The Morgan fingerprint density at radius 3 is 2.32 bits per heavy atom. The summed E-state index contributed by atoms with van der Waals surface area (Å²) in [6.45, 7) is 0.697. The van der Waals surface area contributed by atoms with Crippen LogP contribution in [0.5, 0.6) is 5.75 Å². The van der Waals surface area contributed by atoms with Gasteiger partial charge in [0.25, 0.3) is 21.8 Å². The maximum atomic E-state index is 12.7. The highest BCUT2D eigenvalue weighted by Crippen LogP contribution is 2.26. The van der Waals surface area contributed by atoms with E-state index in [9.17, 15) is 23.3 Å². The topological polar surface area (TPSA) is 113 Å². The minimum absolute atomic E-state index is 0.0839. The van der Waals surface area contributed by atoms with Crippen LogP contribution in [0, 0.1) is 10.1 Å². The Bertz CT molecular complexity index is 772. The first-order chi connectivity index (χ1) is 11.7. The number of nitrogens with zero attached hydrogens (tertiary/aromatic N) is 4. The lowest BCUT2D eigenvalue weighted by molar-refractivity contribution is -0.384. The van der Waals surface area contributed by atoms with Gasteiger partial charge in [-0.3, -0.25) is 14.9 Å². The number of nitro groups is 1. The Hall–Kier alpha value is -2.24. The lowest BCUT2D eigenvalue weighted by Crippen LogP contribution is -2.53. The van der Waals surface area contributed by atoms with Gasteiger partial charge in [0.05, 0.1) is 17.6 Å². The standard InChI is InChI=1S/C14H20N4O6S/c1-15(2)25(22,23)17-8-6-16(7-9-17)14(19)12-10-11(18(20)21)4-5-13(12)24-3/h4-5,10H,6-9H2,1-3H3. The second-order valence-electron chi connectivity index (χ2n) is 5.62. The van der Waals surface area contributed by atoms with Gasteiger partial charge < -0.3 is 9.64 Å². The van der Waals surface area contributed by atoms with Gasteiger partial charge in [-0.1, -0.05) is 0 Å². The second-order valence-corrected chi connectivity index (χ2v) is 7.77. The molecule has 0 unspecified atom stereocenters. The monoisotopic (exact) mass is 372 g/mol. The summed E-state index contributed by atoms with van der Waals surface area (Å²) in [5, 5.41) is 10.9. The average molecular weight is 372 g/mol. The van der Waals surface area contributed by atoms with E-state index < -0.39 is 21.0 Å². The van der Waals surface area contributed by atoms with Crippen LogP contribution in [-0.4, -0.2) is 80.1 Å². The van der Waals surface area contributed by atoms with Crippen molar-refractivity contribution < 1.29 is 22.9 Å². The summed E-state index contributed by atoms with van der Waals surface area (Å²) >= 11 is 0. The molecule has 10 nitrogen and oxygen atoms in total. The molecular formula is C14H20N4O6S. The van der Waals surface area contributed by atoms with Crippen molar-refractivity contribution in [3.63, 3.8) is 0 Å². The Kier molecular flexibility index (Phi) is 5.60. The van der Waals surface area contributed by atoms with Gasteiger partial charge in [-0.2, -0.15) is 17.0 Å². The molecule has 1 amide bonds. The highest BCUT2D eigenvalue weighted by atomic mass is 32.2. The van der Waals surface area contributed by atoms with Crippen molar-refractivity contribution in [2.24, 2.45) is 0 Å². The van der Waals surface area contributed by atoms with Crippen LogP contribution < -0.4 is 4.74 Å². The van der Waals surface area contributed by atoms with Gasteiger partial charge >= 0.3 is 0 Å². The maximum Gasteiger partial charge on any atom is 0.281 e. The Balaban J connectivity index is 2.18. The minimum atomic E-state index is -3.53. The summed E-state index contributed by atoms with van der Waals surface area (Å²) in [7, 11) is 0.735. The van der Waals surface area contributed by atoms with Crippen molar-refractivity contribution in [2.45, 2.75) is 0 Å². The zero-order valence-corrected chi connectivity index (χ0v) is 15.0. The first-order valence-electron chi connectivity index (χ1n) is 7.47. The van der Waals surface area contributed by atoms with E-state index in [-0.39, 0.29) is 43.2 Å². The number of benzene rings is 1. The molecule has 1 aromatic rings. The molecule has 138 valence electrons. The van der Waals surface area contributed by atoms with Crippen molar-refractivity contribution >= 4 is 21.8 Å². The van der Waals surface area contributed by atoms with Crippen molar-refractivity contribution in [3.8, 4) is 5.75 Å². The van der Waals surface area contributed by atoms with Crippen LogP contribution in [0.3, 0.4) is 0 Å². The number of nitro benzene ring substituents is 1. The van der Waals surface area contributed by atoms with Crippen LogP contribution in [0.2, 0.25) is 0 Å². The molecule has 0 saturated carbocycles. The number of piperazine rings is 1. The number of non-ortho nitro benzene ring substituents is 1. The molecule has 1 fully saturated rings. The molecule has 25 heavy (non-hydrogen) atoms. The Morgan fingerprint density at radius 2 is 1.84 bits per heavy atom. The number of rotatable bonds is 5. The minimum Gasteiger partial charge on any atom is -0.496 e. The molecule has 0 spiro atoms. The normalized spacial score (nSPS) is 16.1. The lowest BCUT2D eigenvalue weighted by Gasteiger charge is -2.35. The fraction of sp³-hybridized carbons (Fsp3) is 0.500. The predicted octanol–water partition coefficient (Wildman–Crippen LogP) is 0.168. The van der Waals surface area contributed by atoms with Crippen LogP contribution in [0.25, 0.3) is 0 Å². The number of hydrogen-bond acceptors (Lipinski definition) is 6. The van der Waals surface area contributed by atoms with Gasteiger partial charge in [-0.05, 0) is 6.07 Å². The molecule has 0 aliphatic carbocycles. The van der Waals surface area contributed by atoms with Gasteiger partial charge in [0.2, 0.25) is 0 Å². The number of carbonyl (C=O) groups is 1. The van der Waals surface area contributed by atoms with Crippen molar-refractivity contribution in [3.05, 3.63) is 33.9 Å². The quantitative estimate of drug-likeness (QED) is 0.538. The van der Waals surface area contributed by atoms with E-state index in [1.54, 1.807) is 0 Å². The van der Waals surface area contributed by atoms with E-state index in [0.29, 0.717) is 0 Å². The van der Waals surface area contributed by atoms with Gasteiger partial charge in [0.1, 0.15) is 5.75 Å². The van der Waals surface area contributed by atoms with E-state index >= 15 is 0 Å². The first kappa shape index (κ1) is 19.1. The molecule has 0 aromatic heterocycles. The molecular weight excluding hydrogens is 352 g/mol. The van der Waals surface area contributed by atoms with Gasteiger partial charge in [-0.25, -0.2) is 0 Å². The number of carbonyl (C=O) groups excluding carboxylic acids is 1.